The topological polar surface area (TPSA) is 50.9 Å². The van der Waals surface area contributed by atoms with Crippen LogP contribution in [0.15, 0.2) is 36.5 Å². The van der Waals surface area contributed by atoms with Crippen molar-refractivity contribution in [3.63, 3.8) is 0 Å². The van der Waals surface area contributed by atoms with Gasteiger partial charge in [0, 0.05) is 18.1 Å². The Morgan fingerprint density at radius 1 is 1.25 bits per heavy atom. The molecule has 0 unspecified atom stereocenters. The van der Waals surface area contributed by atoms with E-state index in [0.717, 1.165) is 38.0 Å². The second-order valence-electron chi connectivity index (χ2n) is 4.56. The summed E-state index contributed by atoms with van der Waals surface area (Å²) in [5, 5.41) is 14.7. The molecule has 2 aromatic heterocycles. The average molecular weight is 379 g/mol. The molecule has 5 heteroatoms. The first-order valence-electron chi connectivity index (χ1n) is 6.45. The summed E-state index contributed by atoms with van der Waals surface area (Å²) < 4.78 is 3.01. The Hall–Kier alpha value is -1.47. The second-order valence-corrected chi connectivity index (χ2v) is 5.73. The highest BCUT2D eigenvalue weighted by Crippen LogP contribution is 2.24. The van der Waals surface area contributed by atoms with Crippen LogP contribution in [-0.2, 0) is 13.2 Å². The molecule has 0 fully saturated rings. The van der Waals surface area contributed by atoms with Crippen molar-refractivity contribution < 1.29 is 5.11 Å². The summed E-state index contributed by atoms with van der Waals surface area (Å²) in [4.78, 5) is 4.67. The number of aryl methyl sites for hydroxylation is 1. The summed E-state index contributed by atoms with van der Waals surface area (Å²) in [5.41, 5.74) is 3.62. The van der Waals surface area contributed by atoms with Crippen LogP contribution in [0, 0.1) is 3.57 Å². The van der Waals surface area contributed by atoms with Gasteiger partial charge in [0.15, 0.2) is 0 Å². The van der Waals surface area contributed by atoms with Crippen LogP contribution in [0.4, 0.5) is 0 Å². The minimum Gasteiger partial charge on any atom is -0.392 e. The van der Waals surface area contributed by atoms with Crippen LogP contribution in [0.1, 0.15) is 12.5 Å². The predicted molar refractivity (Wildman–Crippen MR) is 87.3 cm³/mol. The Morgan fingerprint density at radius 3 is 2.80 bits per heavy atom. The largest absolute Gasteiger partial charge is 0.392 e. The number of rotatable bonds is 3. The molecule has 20 heavy (non-hydrogen) atoms. The maximum Gasteiger partial charge on any atom is 0.124 e. The van der Waals surface area contributed by atoms with E-state index in [1.165, 1.54) is 0 Å². The molecule has 1 N–H and O–H groups in total. The van der Waals surface area contributed by atoms with Crippen molar-refractivity contribution in [3.8, 4) is 11.4 Å². The third-order valence-electron chi connectivity index (χ3n) is 3.22. The molecule has 0 aliphatic rings. The number of nitrogens with zero attached hydrogens (tertiary/aromatic N) is 3. The van der Waals surface area contributed by atoms with Crippen LogP contribution in [0.2, 0.25) is 0 Å². The summed E-state index contributed by atoms with van der Waals surface area (Å²) >= 11 is 2.29. The van der Waals surface area contributed by atoms with Gasteiger partial charge in [-0.3, -0.25) is 4.68 Å². The fourth-order valence-corrected chi connectivity index (χ4v) is 2.84. The van der Waals surface area contributed by atoms with Gasteiger partial charge in [0.1, 0.15) is 5.69 Å². The summed E-state index contributed by atoms with van der Waals surface area (Å²) in [6.07, 6.45) is 2.02. The van der Waals surface area contributed by atoms with Gasteiger partial charge in [-0.25, -0.2) is 4.98 Å². The van der Waals surface area contributed by atoms with Crippen LogP contribution >= 0.6 is 22.6 Å². The Labute approximate surface area is 130 Å². The van der Waals surface area contributed by atoms with Gasteiger partial charge in [0.2, 0.25) is 0 Å². The quantitative estimate of drug-likeness (QED) is 0.711. The number of pyridine rings is 1. The Bertz CT molecular complexity index is 767. The van der Waals surface area contributed by atoms with Gasteiger partial charge in [-0.1, -0.05) is 12.1 Å². The molecule has 0 aliphatic heterocycles. The van der Waals surface area contributed by atoms with E-state index in [0.29, 0.717) is 0 Å². The summed E-state index contributed by atoms with van der Waals surface area (Å²) in [5.74, 6) is 0. The number of fused-ring (bicyclic) bond motifs is 1. The molecule has 0 aliphatic carbocycles. The average Bonchev–Trinajstić information content (AvgIpc) is 2.87. The van der Waals surface area contributed by atoms with Gasteiger partial charge in [0.05, 0.1) is 21.4 Å². The monoisotopic (exact) mass is 379 g/mol. The Morgan fingerprint density at radius 2 is 2.10 bits per heavy atom. The van der Waals surface area contributed by atoms with E-state index in [4.69, 9.17) is 5.11 Å². The zero-order valence-electron chi connectivity index (χ0n) is 11.0. The molecule has 2 heterocycles. The summed E-state index contributed by atoms with van der Waals surface area (Å²) in [6, 6.07) is 9.80. The maximum absolute atomic E-state index is 9.16. The molecular formula is C15H14IN3O. The van der Waals surface area contributed by atoms with Crippen LogP contribution in [0.25, 0.3) is 22.3 Å². The molecule has 0 bridgehead atoms. The van der Waals surface area contributed by atoms with Crippen LogP contribution in [0.3, 0.4) is 0 Å². The second kappa shape index (κ2) is 5.49. The summed E-state index contributed by atoms with van der Waals surface area (Å²) in [6.45, 7) is 2.97. The fraction of sp³-hybridized carbons (Fsp3) is 0.200. The van der Waals surface area contributed by atoms with E-state index >= 15 is 0 Å². The minimum atomic E-state index is 0.0521. The van der Waals surface area contributed by atoms with Crippen molar-refractivity contribution >= 4 is 33.5 Å². The van der Waals surface area contributed by atoms with Crippen LogP contribution in [0.5, 0.6) is 0 Å². The van der Waals surface area contributed by atoms with Crippen molar-refractivity contribution in [2.24, 2.45) is 0 Å². The maximum atomic E-state index is 9.16. The molecular weight excluding hydrogens is 365 g/mol. The van der Waals surface area contributed by atoms with Crippen LogP contribution < -0.4 is 0 Å². The summed E-state index contributed by atoms with van der Waals surface area (Å²) in [7, 11) is 0. The Balaban J connectivity index is 2.10. The van der Waals surface area contributed by atoms with Crippen molar-refractivity contribution in [1.29, 1.82) is 0 Å². The zero-order valence-corrected chi connectivity index (χ0v) is 13.2. The lowest BCUT2D eigenvalue weighted by atomic mass is 10.1. The Kier molecular flexibility index (Phi) is 3.71. The number of halogens is 1. The molecule has 3 aromatic rings. The van der Waals surface area contributed by atoms with Crippen molar-refractivity contribution in [3.05, 3.63) is 45.7 Å². The normalized spacial score (nSPS) is 11.2. The molecule has 4 nitrogen and oxygen atoms in total. The molecule has 0 amide bonds. The van der Waals surface area contributed by atoms with E-state index in [1.807, 2.05) is 41.2 Å². The van der Waals surface area contributed by atoms with E-state index in [-0.39, 0.29) is 6.61 Å². The minimum absolute atomic E-state index is 0.0521. The molecule has 1 aromatic carbocycles. The lowest BCUT2D eigenvalue weighted by molar-refractivity contribution is 0.282. The van der Waals surface area contributed by atoms with Gasteiger partial charge in [-0.05, 0) is 53.3 Å². The first-order valence-corrected chi connectivity index (χ1v) is 7.53. The third kappa shape index (κ3) is 2.43. The number of aromatic nitrogens is 3. The number of hydrogen-bond acceptors (Lipinski definition) is 3. The lowest BCUT2D eigenvalue weighted by Crippen LogP contribution is -1.95. The van der Waals surface area contributed by atoms with Crippen molar-refractivity contribution in [2.75, 3.05) is 0 Å². The molecule has 0 spiro atoms. The first kappa shape index (κ1) is 13.5. The highest BCUT2D eigenvalue weighted by molar-refractivity contribution is 14.1. The molecule has 0 atom stereocenters. The highest BCUT2D eigenvalue weighted by Gasteiger charge is 2.10. The third-order valence-corrected chi connectivity index (χ3v) is 4.01. The zero-order chi connectivity index (χ0) is 14.1. The van der Waals surface area contributed by atoms with Crippen molar-refractivity contribution in [1.82, 2.24) is 14.8 Å². The predicted octanol–water partition coefficient (Wildman–Crippen LogP) is 3.22. The highest BCUT2D eigenvalue weighted by atomic mass is 127. The SMILES string of the molecule is CCn1cc(I)c(-c2ccc3cc(CO)ccc3n2)n1. The fourth-order valence-electron chi connectivity index (χ4n) is 2.14. The number of aliphatic hydroxyl groups excluding tert-OH is 1. The lowest BCUT2D eigenvalue weighted by Gasteiger charge is -2.03. The molecule has 0 radical (unpaired) electrons. The number of hydrogen-bond donors (Lipinski definition) is 1. The first-order chi connectivity index (χ1) is 9.71. The van der Waals surface area contributed by atoms with Crippen LogP contribution in [-0.4, -0.2) is 19.9 Å². The van der Waals surface area contributed by atoms with E-state index < -0.39 is 0 Å². The van der Waals surface area contributed by atoms with Crippen molar-refractivity contribution in [2.45, 2.75) is 20.1 Å². The van der Waals surface area contributed by atoms with Gasteiger partial charge < -0.3 is 5.11 Å². The van der Waals surface area contributed by atoms with Gasteiger partial charge in [0.25, 0.3) is 0 Å². The molecule has 0 saturated carbocycles. The molecule has 3 rings (SSSR count). The molecule has 102 valence electrons. The van der Waals surface area contributed by atoms with E-state index in [1.54, 1.807) is 0 Å². The van der Waals surface area contributed by atoms with E-state index in [9.17, 15) is 0 Å². The van der Waals surface area contributed by atoms with Gasteiger partial charge >= 0.3 is 0 Å². The molecule has 0 saturated heterocycles. The standard InChI is InChI=1S/C15H14IN3O/c1-2-19-8-12(16)15(18-19)14-6-4-11-7-10(9-20)3-5-13(11)17-14/h3-8,20H,2,9H2,1H3. The van der Waals surface area contributed by atoms with Gasteiger partial charge in [-0.15, -0.1) is 0 Å². The van der Waals surface area contributed by atoms with E-state index in [2.05, 4.69) is 39.6 Å². The number of benzene rings is 1. The van der Waals surface area contributed by atoms with Gasteiger partial charge in [-0.2, -0.15) is 5.10 Å². The smallest absolute Gasteiger partial charge is 0.124 e. The number of aliphatic hydroxyl groups is 1.